The van der Waals surface area contributed by atoms with E-state index in [1.807, 2.05) is 45.0 Å². The topological polar surface area (TPSA) is 106 Å². The van der Waals surface area contributed by atoms with Gasteiger partial charge in [0.25, 0.3) is 5.95 Å². The predicted octanol–water partition coefficient (Wildman–Crippen LogP) is 2.94. The number of fused-ring (bicyclic) bond motifs is 1. The van der Waals surface area contributed by atoms with Crippen LogP contribution >= 0.6 is 0 Å². The molecule has 3 rings (SSSR count). The highest BCUT2D eigenvalue weighted by molar-refractivity contribution is 6.01. The molecule has 0 aliphatic carbocycles. The molecule has 146 valence electrons. The third-order valence-electron chi connectivity index (χ3n) is 3.99. The number of pyridine rings is 2. The molecule has 0 spiro atoms. The Morgan fingerprint density at radius 2 is 2.14 bits per heavy atom. The van der Waals surface area contributed by atoms with Crippen LogP contribution < -0.4 is 10.6 Å². The van der Waals surface area contributed by atoms with E-state index in [1.165, 1.54) is 7.11 Å². The van der Waals surface area contributed by atoms with E-state index < -0.39 is 0 Å². The van der Waals surface area contributed by atoms with Gasteiger partial charge >= 0.3 is 6.03 Å². The normalized spacial score (nSPS) is 11.7. The van der Waals surface area contributed by atoms with Crippen molar-refractivity contribution in [2.75, 3.05) is 19.0 Å². The summed E-state index contributed by atoms with van der Waals surface area (Å²) in [6.07, 6.45) is 3.50. The second-order valence-electron chi connectivity index (χ2n) is 6.37. The molecule has 0 atom stereocenters. The van der Waals surface area contributed by atoms with Crippen LogP contribution in [-0.2, 0) is 4.84 Å². The molecule has 28 heavy (non-hydrogen) atoms. The lowest BCUT2D eigenvalue weighted by molar-refractivity contribution is 0.211. The number of carbonyl (C=O) groups is 1. The number of anilines is 1. The minimum Gasteiger partial charge on any atom is -0.399 e. The first-order valence-electron chi connectivity index (χ1n) is 9.01. The lowest BCUT2D eigenvalue weighted by Gasteiger charge is -2.12. The van der Waals surface area contributed by atoms with Crippen LogP contribution in [0.5, 0.6) is 0 Å². The molecule has 0 fully saturated rings. The minimum absolute atomic E-state index is 0.0799. The van der Waals surface area contributed by atoms with Gasteiger partial charge in [-0.05, 0) is 30.7 Å². The number of urea groups is 1. The number of hydrogen-bond donors (Lipinski definition) is 2. The lowest BCUT2D eigenvalue weighted by Crippen LogP contribution is -2.28. The molecule has 2 amide bonds. The molecule has 0 aromatic carbocycles. The van der Waals surface area contributed by atoms with E-state index in [4.69, 9.17) is 4.84 Å². The summed E-state index contributed by atoms with van der Waals surface area (Å²) in [5, 5.41) is 13.9. The largest absolute Gasteiger partial charge is 0.399 e. The summed E-state index contributed by atoms with van der Waals surface area (Å²) in [5.74, 6) is 0.285. The molecule has 3 aromatic rings. The van der Waals surface area contributed by atoms with Crippen molar-refractivity contribution in [1.82, 2.24) is 24.9 Å². The van der Waals surface area contributed by atoms with Crippen molar-refractivity contribution in [1.29, 1.82) is 0 Å². The highest BCUT2D eigenvalue weighted by Crippen LogP contribution is 2.24. The number of rotatable bonds is 6. The third kappa shape index (κ3) is 4.08. The molecule has 2 N–H and O–H groups in total. The van der Waals surface area contributed by atoms with Crippen LogP contribution in [0, 0.1) is 5.92 Å². The summed E-state index contributed by atoms with van der Waals surface area (Å²) in [6, 6.07) is 7.34. The Labute approximate surface area is 162 Å². The maximum absolute atomic E-state index is 11.8. The van der Waals surface area contributed by atoms with Crippen LogP contribution in [-0.4, -0.2) is 45.0 Å². The monoisotopic (exact) mass is 381 g/mol. The molecular formula is C19H23N7O2. The molecule has 0 aliphatic rings. The second kappa shape index (κ2) is 8.47. The van der Waals surface area contributed by atoms with Gasteiger partial charge in [-0.2, -0.15) is 4.98 Å². The third-order valence-corrected chi connectivity index (χ3v) is 3.99. The van der Waals surface area contributed by atoms with Gasteiger partial charge in [0.1, 0.15) is 12.8 Å². The molecule has 9 nitrogen and oxygen atoms in total. The summed E-state index contributed by atoms with van der Waals surface area (Å²) in [4.78, 5) is 25.5. The quantitative estimate of drug-likeness (QED) is 0.504. The van der Waals surface area contributed by atoms with E-state index in [9.17, 15) is 4.79 Å². The van der Waals surface area contributed by atoms with Gasteiger partial charge in [0.15, 0.2) is 5.65 Å². The van der Waals surface area contributed by atoms with Crippen LogP contribution in [0.2, 0.25) is 0 Å². The molecule has 3 aromatic heterocycles. The summed E-state index contributed by atoms with van der Waals surface area (Å²) in [5.41, 5.74) is 3.87. The maximum Gasteiger partial charge on any atom is 0.321 e. The van der Waals surface area contributed by atoms with Gasteiger partial charge in [-0.1, -0.05) is 25.1 Å². The zero-order valence-electron chi connectivity index (χ0n) is 16.3. The smallest absolute Gasteiger partial charge is 0.321 e. The molecule has 9 heteroatoms. The number of nitrogens with one attached hydrogen (secondary N) is 2. The van der Waals surface area contributed by atoms with Crippen molar-refractivity contribution < 1.29 is 9.63 Å². The first-order chi connectivity index (χ1) is 13.5. The zero-order valence-corrected chi connectivity index (χ0v) is 16.3. The number of hydrogen-bond acceptors (Lipinski definition) is 6. The highest BCUT2D eigenvalue weighted by atomic mass is 16.6. The molecule has 3 heterocycles. The van der Waals surface area contributed by atoms with E-state index >= 15 is 0 Å². The number of oxime groups is 1. The highest BCUT2D eigenvalue weighted by Gasteiger charge is 2.19. The molecule has 0 saturated carbocycles. The maximum atomic E-state index is 11.8. The van der Waals surface area contributed by atoms with Gasteiger partial charge in [0, 0.05) is 30.4 Å². The fourth-order valence-corrected chi connectivity index (χ4v) is 2.77. The van der Waals surface area contributed by atoms with Crippen molar-refractivity contribution in [3.8, 4) is 11.1 Å². The molecule has 0 bridgehead atoms. The Morgan fingerprint density at radius 1 is 1.32 bits per heavy atom. The van der Waals surface area contributed by atoms with Gasteiger partial charge in [-0.3, -0.25) is 10.3 Å². The number of nitrogens with zero attached hydrogens (tertiary/aromatic N) is 5. The Balaban J connectivity index is 2.17. The van der Waals surface area contributed by atoms with Crippen LogP contribution in [0.15, 0.2) is 41.8 Å². The summed E-state index contributed by atoms with van der Waals surface area (Å²) < 4.78 is 1.65. The molecule has 0 saturated heterocycles. The van der Waals surface area contributed by atoms with E-state index in [2.05, 4.69) is 30.9 Å². The molecule has 0 radical (unpaired) electrons. The van der Waals surface area contributed by atoms with E-state index in [0.29, 0.717) is 17.9 Å². The van der Waals surface area contributed by atoms with Crippen molar-refractivity contribution >= 4 is 23.3 Å². The second-order valence-corrected chi connectivity index (χ2v) is 6.37. The average molecular weight is 381 g/mol. The van der Waals surface area contributed by atoms with Crippen molar-refractivity contribution in [3.05, 3.63) is 42.4 Å². The van der Waals surface area contributed by atoms with Crippen LogP contribution in [0.3, 0.4) is 0 Å². The Hall–Kier alpha value is -3.49. The van der Waals surface area contributed by atoms with Crippen molar-refractivity contribution in [2.45, 2.75) is 20.8 Å². The summed E-state index contributed by atoms with van der Waals surface area (Å²) >= 11 is 0. The zero-order chi connectivity index (χ0) is 20.1. The van der Waals surface area contributed by atoms with Crippen LogP contribution in [0.1, 0.15) is 26.5 Å². The number of carbonyl (C=O) groups excluding carboxylic acids is 1. The minimum atomic E-state index is -0.359. The standard InChI is InChI=1S/C19H23N7O2/c1-5-21-19(27)23-18-22-16-10-14(13-7-6-8-20-11-13)9-15(26(16)24-18)17(12(2)3)25-28-4/h6-12H,5H2,1-4H3,(H2,21,23,24,27). The fourth-order valence-electron chi connectivity index (χ4n) is 2.77. The Bertz CT molecular complexity index is 996. The van der Waals surface area contributed by atoms with Gasteiger partial charge in [0.05, 0.1) is 5.69 Å². The number of amides is 2. The van der Waals surface area contributed by atoms with Crippen LogP contribution in [0.4, 0.5) is 10.7 Å². The van der Waals surface area contributed by atoms with Crippen molar-refractivity contribution in [2.24, 2.45) is 11.1 Å². The van der Waals surface area contributed by atoms with Crippen LogP contribution in [0.25, 0.3) is 16.8 Å². The van der Waals surface area contributed by atoms with E-state index in [-0.39, 0.29) is 17.9 Å². The first-order valence-corrected chi connectivity index (χ1v) is 9.01. The molecular weight excluding hydrogens is 358 g/mol. The van der Waals surface area contributed by atoms with Gasteiger partial charge < -0.3 is 10.2 Å². The molecule has 0 unspecified atom stereocenters. The van der Waals surface area contributed by atoms with Crippen molar-refractivity contribution in [3.63, 3.8) is 0 Å². The predicted molar refractivity (Wildman–Crippen MR) is 107 cm³/mol. The van der Waals surface area contributed by atoms with Gasteiger partial charge in [-0.15, -0.1) is 5.10 Å². The first kappa shape index (κ1) is 19.3. The summed E-state index contributed by atoms with van der Waals surface area (Å²) in [6.45, 7) is 6.38. The van der Waals surface area contributed by atoms with Gasteiger partial charge in [-0.25, -0.2) is 9.31 Å². The molecule has 0 aliphatic heterocycles. The number of aromatic nitrogens is 4. The van der Waals surface area contributed by atoms with E-state index in [0.717, 1.165) is 16.8 Å². The summed E-state index contributed by atoms with van der Waals surface area (Å²) in [7, 11) is 1.51. The fraction of sp³-hybridized carbons (Fsp3) is 0.316. The lowest BCUT2D eigenvalue weighted by atomic mass is 10.0. The Morgan fingerprint density at radius 3 is 2.79 bits per heavy atom. The Kier molecular flexibility index (Phi) is 5.83. The average Bonchev–Trinajstić information content (AvgIpc) is 3.08. The SMILES string of the molecule is CCNC(=O)Nc1nc2cc(-c3cccnc3)cc(C(=NOC)C(C)C)n2n1. The van der Waals surface area contributed by atoms with E-state index in [1.54, 1.807) is 16.9 Å². The van der Waals surface area contributed by atoms with Gasteiger partial charge in [0.2, 0.25) is 0 Å².